The van der Waals surface area contributed by atoms with Crippen molar-refractivity contribution in [2.24, 2.45) is 5.73 Å². The summed E-state index contributed by atoms with van der Waals surface area (Å²) in [6.07, 6.45) is 0.0680. The van der Waals surface area contributed by atoms with Gasteiger partial charge in [-0.25, -0.2) is 4.79 Å². The Kier molecular flexibility index (Phi) is 7.52. The average Bonchev–Trinajstić information content (AvgIpc) is 3.30. The summed E-state index contributed by atoms with van der Waals surface area (Å²) in [5.74, 6) is 0.269. The number of methoxy groups -OCH3 is 1. The molecule has 9 nitrogen and oxygen atoms in total. The van der Waals surface area contributed by atoms with Crippen molar-refractivity contribution in [1.82, 2.24) is 5.32 Å². The number of hydrogen-bond acceptors (Lipinski definition) is 7. The van der Waals surface area contributed by atoms with Crippen LogP contribution in [0.25, 0.3) is 11.1 Å². The van der Waals surface area contributed by atoms with E-state index in [9.17, 15) is 14.4 Å². The Morgan fingerprint density at radius 1 is 1.16 bits per heavy atom. The number of nitrogens with zero attached hydrogens (tertiary/aromatic N) is 1. The Labute approximate surface area is 224 Å². The number of amides is 3. The first-order chi connectivity index (χ1) is 18.4. The molecule has 1 saturated heterocycles. The van der Waals surface area contributed by atoms with Gasteiger partial charge in [0.15, 0.2) is 0 Å². The molecule has 196 valence electrons. The number of rotatable bonds is 9. The van der Waals surface area contributed by atoms with E-state index in [0.717, 1.165) is 27.3 Å². The minimum Gasteiger partial charge on any atom is -0.496 e. The summed E-state index contributed by atoms with van der Waals surface area (Å²) in [6, 6.07) is 19.1. The van der Waals surface area contributed by atoms with Crippen LogP contribution in [0.15, 0.2) is 65.6 Å². The molecule has 0 spiro atoms. The lowest BCUT2D eigenvalue weighted by Crippen LogP contribution is -2.26. The minimum absolute atomic E-state index is 0.0427. The van der Waals surface area contributed by atoms with Crippen LogP contribution >= 0.6 is 11.8 Å². The lowest BCUT2D eigenvalue weighted by Gasteiger charge is -2.20. The van der Waals surface area contributed by atoms with Crippen molar-refractivity contribution in [3.05, 3.63) is 71.8 Å². The van der Waals surface area contributed by atoms with Gasteiger partial charge in [0.25, 0.3) is 5.91 Å². The predicted octanol–water partition coefficient (Wildman–Crippen LogP) is 4.01. The maximum atomic E-state index is 12.5. The molecule has 2 aliphatic rings. The Morgan fingerprint density at radius 2 is 2.00 bits per heavy atom. The first-order valence-electron chi connectivity index (χ1n) is 12.2. The molecule has 0 radical (unpaired) electrons. The smallest absolute Gasteiger partial charge is 0.414 e. The molecule has 1 fully saturated rings. The van der Waals surface area contributed by atoms with E-state index in [0.29, 0.717) is 48.8 Å². The summed E-state index contributed by atoms with van der Waals surface area (Å²) >= 11 is 1.49. The van der Waals surface area contributed by atoms with Crippen LogP contribution in [0.5, 0.6) is 5.75 Å². The van der Waals surface area contributed by atoms with Gasteiger partial charge in [0, 0.05) is 17.1 Å². The monoisotopic (exact) mass is 532 g/mol. The minimum atomic E-state index is -0.530. The number of nitrogens with one attached hydrogen (secondary N) is 2. The van der Waals surface area contributed by atoms with Crippen LogP contribution in [0.4, 0.5) is 16.2 Å². The number of carbonyl (C=O) groups excluding carboxylic acids is 3. The summed E-state index contributed by atoms with van der Waals surface area (Å²) in [5.41, 5.74) is 10.2. The number of primary amides is 1. The number of fused-ring (bicyclic) bond motifs is 1. The Morgan fingerprint density at radius 3 is 2.82 bits per heavy atom. The van der Waals surface area contributed by atoms with Crippen molar-refractivity contribution in [3.8, 4) is 16.9 Å². The normalized spacial score (nSPS) is 16.6. The first-order valence-corrected chi connectivity index (χ1v) is 13.2. The van der Waals surface area contributed by atoms with Gasteiger partial charge in [-0.15, -0.1) is 11.8 Å². The lowest BCUT2D eigenvalue weighted by atomic mass is 10.0. The fourth-order valence-corrected chi connectivity index (χ4v) is 5.34. The zero-order valence-corrected chi connectivity index (χ0v) is 21.7. The number of thioether (sulfide) groups is 1. The SMILES string of the molecule is COc1cc(-c2cccc(CNCCC3CN(c4ccc5c(c4)NC(=O)CS5)C(=O)O3)c2)ccc1C(N)=O. The largest absolute Gasteiger partial charge is 0.496 e. The van der Waals surface area contributed by atoms with Gasteiger partial charge in [0.05, 0.1) is 30.7 Å². The number of nitrogens with two attached hydrogens (primary N) is 1. The molecule has 4 N–H and O–H groups in total. The van der Waals surface area contributed by atoms with E-state index in [4.69, 9.17) is 15.2 Å². The number of carbonyl (C=O) groups is 3. The van der Waals surface area contributed by atoms with E-state index in [1.807, 2.05) is 48.5 Å². The third kappa shape index (κ3) is 5.61. The topological polar surface area (TPSA) is 123 Å². The number of benzene rings is 3. The third-order valence-corrected chi connectivity index (χ3v) is 7.55. The molecule has 1 unspecified atom stereocenters. The Hall–Kier alpha value is -4.02. The molecule has 2 aliphatic heterocycles. The summed E-state index contributed by atoms with van der Waals surface area (Å²) in [7, 11) is 1.51. The van der Waals surface area contributed by atoms with Crippen LogP contribution in [0, 0.1) is 0 Å². The molecule has 10 heteroatoms. The summed E-state index contributed by atoms with van der Waals surface area (Å²) in [5, 5.41) is 6.28. The first kappa shape index (κ1) is 25.6. The zero-order valence-electron chi connectivity index (χ0n) is 20.9. The summed E-state index contributed by atoms with van der Waals surface area (Å²) in [6.45, 7) is 1.78. The molecule has 38 heavy (non-hydrogen) atoms. The number of anilines is 2. The van der Waals surface area contributed by atoms with E-state index in [-0.39, 0.29) is 18.1 Å². The van der Waals surface area contributed by atoms with Gasteiger partial charge in [-0.1, -0.05) is 24.3 Å². The van der Waals surface area contributed by atoms with Gasteiger partial charge in [-0.3, -0.25) is 14.5 Å². The van der Waals surface area contributed by atoms with E-state index in [1.165, 1.54) is 18.9 Å². The molecule has 3 aromatic carbocycles. The van der Waals surface area contributed by atoms with Crippen LogP contribution in [-0.2, 0) is 16.1 Å². The standard InChI is InChI=1S/C28H28N4O5S/c1-36-24-12-19(5-7-22(24)27(29)34)18-4-2-3-17(11-18)14-30-10-9-21-15-32(28(35)37-21)20-6-8-25-23(13-20)31-26(33)16-38-25/h2-8,11-13,21,30H,9-10,14-16H2,1H3,(H2,29,34)(H,31,33). The fourth-order valence-electron chi connectivity index (χ4n) is 4.55. The van der Waals surface area contributed by atoms with Gasteiger partial charge < -0.3 is 25.8 Å². The quantitative estimate of drug-likeness (QED) is 0.356. The molecule has 1 atom stereocenters. The van der Waals surface area contributed by atoms with E-state index in [1.54, 1.807) is 11.0 Å². The van der Waals surface area contributed by atoms with Crippen molar-refractivity contribution in [1.29, 1.82) is 0 Å². The maximum Gasteiger partial charge on any atom is 0.414 e. The molecule has 2 heterocycles. The number of hydrogen-bond donors (Lipinski definition) is 3. The van der Waals surface area contributed by atoms with Crippen molar-refractivity contribution in [2.75, 3.05) is 36.2 Å². The van der Waals surface area contributed by atoms with Crippen molar-refractivity contribution >= 4 is 41.0 Å². The number of ether oxygens (including phenoxy) is 2. The molecule has 0 aliphatic carbocycles. The summed E-state index contributed by atoms with van der Waals surface area (Å²) < 4.78 is 10.9. The highest BCUT2D eigenvalue weighted by molar-refractivity contribution is 8.00. The second-order valence-corrected chi connectivity index (χ2v) is 10.1. The highest BCUT2D eigenvalue weighted by Crippen LogP contribution is 2.35. The van der Waals surface area contributed by atoms with Crippen LogP contribution in [0.3, 0.4) is 0 Å². The molecular weight excluding hydrogens is 504 g/mol. The second kappa shape index (κ2) is 11.2. The maximum absolute atomic E-state index is 12.5. The lowest BCUT2D eigenvalue weighted by molar-refractivity contribution is -0.113. The Bertz CT molecular complexity index is 1400. The summed E-state index contributed by atoms with van der Waals surface area (Å²) in [4.78, 5) is 38.4. The molecule has 0 bridgehead atoms. The molecule has 3 aromatic rings. The molecule has 0 aromatic heterocycles. The van der Waals surface area contributed by atoms with Gasteiger partial charge in [-0.2, -0.15) is 0 Å². The van der Waals surface area contributed by atoms with Crippen molar-refractivity contribution < 1.29 is 23.9 Å². The van der Waals surface area contributed by atoms with Gasteiger partial charge in [0.2, 0.25) is 5.91 Å². The fraction of sp³-hybridized carbons (Fsp3) is 0.250. The average molecular weight is 533 g/mol. The third-order valence-electron chi connectivity index (χ3n) is 6.48. The zero-order chi connectivity index (χ0) is 26.6. The molecule has 0 saturated carbocycles. The van der Waals surface area contributed by atoms with Gasteiger partial charge >= 0.3 is 6.09 Å². The van der Waals surface area contributed by atoms with E-state index >= 15 is 0 Å². The van der Waals surface area contributed by atoms with Gasteiger partial charge in [0.1, 0.15) is 11.9 Å². The highest BCUT2D eigenvalue weighted by atomic mass is 32.2. The molecule has 3 amide bonds. The van der Waals surface area contributed by atoms with Crippen LogP contribution in [0.2, 0.25) is 0 Å². The van der Waals surface area contributed by atoms with Crippen molar-refractivity contribution in [3.63, 3.8) is 0 Å². The predicted molar refractivity (Wildman–Crippen MR) is 147 cm³/mol. The second-order valence-electron chi connectivity index (χ2n) is 9.08. The number of cyclic esters (lactones) is 1. The van der Waals surface area contributed by atoms with Gasteiger partial charge in [-0.05, 0) is 66.1 Å². The highest BCUT2D eigenvalue weighted by Gasteiger charge is 2.32. The van der Waals surface area contributed by atoms with E-state index in [2.05, 4.69) is 16.7 Å². The Balaban J connectivity index is 1.14. The van der Waals surface area contributed by atoms with Crippen LogP contribution in [-0.4, -0.2) is 50.0 Å². The molecule has 5 rings (SSSR count). The van der Waals surface area contributed by atoms with Crippen LogP contribution < -0.4 is 26.0 Å². The molecular formula is C28H28N4O5S. The van der Waals surface area contributed by atoms with Crippen LogP contribution in [0.1, 0.15) is 22.3 Å². The van der Waals surface area contributed by atoms with Crippen molar-refractivity contribution in [2.45, 2.75) is 24.0 Å². The van der Waals surface area contributed by atoms with E-state index < -0.39 is 5.91 Å².